The number of carbonyl (C=O) groups excluding carboxylic acids is 2. The van der Waals surface area contributed by atoms with Gasteiger partial charge in [-0.15, -0.1) is 0 Å². The molecular weight excluding hydrogens is 354 g/mol. The van der Waals surface area contributed by atoms with Gasteiger partial charge in [0, 0.05) is 33.9 Å². The van der Waals surface area contributed by atoms with Gasteiger partial charge in [-0.25, -0.2) is 4.57 Å². The molecule has 1 N–H and O–H groups in total. The van der Waals surface area contributed by atoms with Crippen LogP contribution in [-0.2, 0) is 6.54 Å². The topological polar surface area (TPSA) is 66.3 Å². The van der Waals surface area contributed by atoms with Gasteiger partial charge in [0.2, 0.25) is 0 Å². The summed E-state index contributed by atoms with van der Waals surface area (Å²) in [6.45, 7) is 0.880. The standard InChI is InChI=1S/C22H17N3O3/c1-28-14-5-7-17-16(13-14)19-18(23-17)8-6-15-20(19)22(27)25(21(15)26)12-11-24-9-3-2-4-10-24/h2-10,13H,11-12H2,1H3/p+1. The number of H-pyrrole nitrogens is 1. The molecule has 6 heteroatoms. The van der Waals surface area contributed by atoms with E-state index in [9.17, 15) is 9.59 Å². The summed E-state index contributed by atoms with van der Waals surface area (Å²) in [5.41, 5.74) is 2.67. The predicted octanol–water partition coefficient (Wildman–Crippen LogP) is 2.91. The maximum absolute atomic E-state index is 13.2. The molecule has 0 radical (unpaired) electrons. The number of carbonyl (C=O) groups is 2. The highest BCUT2D eigenvalue weighted by atomic mass is 16.5. The Morgan fingerprint density at radius 1 is 1.00 bits per heavy atom. The predicted molar refractivity (Wildman–Crippen MR) is 104 cm³/mol. The monoisotopic (exact) mass is 372 g/mol. The minimum atomic E-state index is -0.245. The smallest absolute Gasteiger partial charge is 0.262 e. The lowest BCUT2D eigenvalue weighted by atomic mass is 10.0. The summed E-state index contributed by atoms with van der Waals surface area (Å²) in [5.74, 6) is 0.224. The zero-order chi connectivity index (χ0) is 19.3. The minimum Gasteiger partial charge on any atom is -0.497 e. The van der Waals surface area contributed by atoms with E-state index in [1.54, 1.807) is 13.2 Å². The van der Waals surface area contributed by atoms with Gasteiger partial charge in [-0.1, -0.05) is 6.07 Å². The van der Waals surface area contributed by atoms with Crippen molar-refractivity contribution in [1.29, 1.82) is 0 Å². The fourth-order valence-corrected chi connectivity index (χ4v) is 3.87. The van der Waals surface area contributed by atoms with Crippen LogP contribution >= 0.6 is 0 Å². The van der Waals surface area contributed by atoms with Crippen LogP contribution in [-0.4, -0.2) is 35.4 Å². The molecule has 0 spiro atoms. The molecule has 0 saturated carbocycles. The Labute approximate surface area is 161 Å². The van der Waals surface area contributed by atoms with Gasteiger partial charge in [0.15, 0.2) is 18.9 Å². The van der Waals surface area contributed by atoms with Gasteiger partial charge < -0.3 is 9.72 Å². The molecule has 0 atom stereocenters. The average molecular weight is 372 g/mol. The SMILES string of the molecule is COc1ccc2[nH]c3ccc4c(c3c2c1)C(=O)N(CC[n+]1ccccc1)C4=O. The lowest BCUT2D eigenvalue weighted by molar-refractivity contribution is -0.695. The molecular formula is C22H18N3O3+. The number of imide groups is 1. The summed E-state index contributed by atoms with van der Waals surface area (Å²) in [7, 11) is 1.61. The average Bonchev–Trinajstić information content (AvgIpc) is 3.21. The van der Waals surface area contributed by atoms with E-state index in [1.165, 1.54) is 4.90 Å². The molecule has 3 heterocycles. The number of hydrogen-bond acceptors (Lipinski definition) is 3. The maximum atomic E-state index is 13.2. The van der Waals surface area contributed by atoms with Crippen LogP contribution in [0.5, 0.6) is 5.75 Å². The third kappa shape index (κ3) is 2.38. The Bertz CT molecular complexity index is 1240. The fraction of sp³-hybridized carbons (Fsp3) is 0.136. The number of rotatable bonds is 4. The number of benzene rings is 2. The summed E-state index contributed by atoms with van der Waals surface area (Å²) in [5, 5.41) is 1.66. The number of nitrogens with zero attached hydrogens (tertiary/aromatic N) is 2. The Kier molecular flexibility index (Phi) is 3.65. The van der Waals surface area contributed by atoms with Crippen LogP contribution in [0.2, 0.25) is 0 Å². The highest BCUT2D eigenvalue weighted by molar-refractivity contribution is 6.30. The summed E-state index contributed by atoms with van der Waals surface area (Å²) < 4.78 is 7.29. The molecule has 2 aromatic heterocycles. The van der Waals surface area contributed by atoms with Gasteiger partial charge >= 0.3 is 0 Å². The van der Waals surface area contributed by atoms with Crippen molar-refractivity contribution in [3.05, 3.63) is 72.1 Å². The lowest BCUT2D eigenvalue weighted by Gasteiger charge is -2.11. The molecule has 1 aliphatic heterocycles. The molecule has 0 fully saturated rings. The van der Waals surface area contributed by atoms with Crippen molar-refractivity contribution in [1.82, 2.24) is 9.88 Å². The first-order valence-electron chi connectivity index (χ1n) is 9.10. The first kappa shape index (κ1) is 16.5. The number of aromatic amines is 1. The number of aromatic nitrogens is 2. The molecule has 1 aliphatic rings. The third-order valence-electron chi connectivity index (χ3n) is 5.26. The summed E-state index contributed by atoms with van der Waals surface area (Å²) in [6, 6.07) is 15.1. The second-order valence-corrected chi connectivity index (χ2v) is 6.82. The Hall–Kier alpha value is -3.67. The van der Waals surface area contributed by atoms with Gasteiger partial charge in [-0.05, 0) is 30.3 Å². The van der Waals surface area contributed by atoms with Crippen molar-refractivity contribution in [3.8, 4) is 5.75 Å². The first-order valence-corrected chi connectivity index (χ1v) is 9.10. The van der Waals surface area contributed by atoms with Crippen LogP contribution in [0.1, 0.15) is 20.7 Å². The Morgan fingerprint density at radius 2 is 1.79 bits per heavy atom. The van der Waals surface area contributed by atoms with Crippen molar-refractivity contribution in [2.75, 3.05) is 13.7 Å². The van der Waals surface area contributed by atoms with Crippen molar-refractivity contribution in [2.45, 2.75) is 6.54 Å². The van der Waals surface area contributed by atoms with E-state index in [4.69, 9.17) is 4.74 Å². The van der Waals surface area contributed by atoms with Crippen LogP contribution in [0, 0.1) is 0 Å². The largest absolute Gasteiger partial charge is 0.497 e. The number of nitrogens with one attached hydrogen (secondary N) is 1. The lowest BCUT2D eigenvalue weighted by Crippen LogP contribution is -2.42. The molecule has 0 unspecified atom stereocenters. The second kappa shape index (κ2) is 6.20. The zero-order valence-corrected chi connectivity index (χ0v) is 15.3. The van der Waals surface area contributed by atoms with Crippen molar-refractivity contribution in [3.63, 3.8) is 0 Å². The Morgan fingerprint density at radius 3 is 2.57 bits per heavy atom. The normalized spacial score (nSPS) is 13.5. The van der Waals surface area contributed by atoms with Crippen LogP contribution in [0.4, 0.5) is 0 Å². The molecule has 0 saturated heterocycles. The van der Waals surface area contributed by atoms with Crippen LogP contribution in [0.15, 0.2) is 60.9 Å². The van der Waals surface area contributed by atoms with Gasteiger partial charge in [-0.2, -0.15) is 0 Å². The van der Waals surface area contributed by atoms with E-state index < -0.39 is 0 Å². The highest BCUT2D eigenvalue weighted by Crippen LogP contribution is 2.36. The molecule has 6 nitrogen and oxygen atoms in total. The van der Waals surface area contributed by atoms with E-state index >= 15 is 0 Å². The van der Waals surface area contributed by atoms with E-state index in [2.05, 4.69) is 4.98 Å². The van der Waals surface area contributed by atoms with Crippen molar-refractivity contribution in [2.24, 2.45) is 0 Å². The minimum absolute atomic E-state index is 0.240. The number of hydrogen-bond donors (Lipinski definition) is 1. The third-order valence-corrected chi connectivity index (χ3v) is 5.26. The van der Waals surface area contributed by atoms with Crippen LogP contribution < -0.4 is 9.30 Å². The molecule has 28 heavy (non-hydrogen) atoms. The summed E-state index contributed by atoms with van der Waals surface area (Å²) in [6.07, 6.45) is 3.84. The van der Waals surface area contributed by atoms with E-state index in [0.29, 0.717) is 30.0 Å². The molecule has 0 bridgehead atoms. The second-order valence-electron chi connectivity index (χ2n) is 6.82. The van der Waals surface area contributed by atoms with Gasteiger partial charge in [0.1, 0.15) is 5.75 Å². The number of methoxy groups -OCH3 is 1. The highest BCUT2D eigenvalue weighted by Gasteiger charge is 2.38. The molecule has 4 aromatic rings. The Balaban J connectivity index is 1.60. The van der Waals surface area contributed by atoms with E-state index in [0.717, 1.165) is 21.8 Å². The molecule has 2 amide bonds. The van der Waals surface area contributed by atoms with Gasteiger partial charge in [0.05, 0.1) is 24.8 Å². The van der Waals surface area contributed by atoms with Crippen LogP contribution in [0.25, 0.3) is 21.8 Å². The van der Waals surface area contributed by atoms with E-state index in [-0.39, 0.29) is 11.8 Å². The maximum Gasteiger partial charge on any atom is 0.262 e. The first-order chi connectivity index (χ1) is 13.7. The quantitative estimate of drug-likeness (QED) is 0.442. The van der Waals surface area contributed by atoms with E-state index in [1.807, 2.05) is 59.4 Å². The van der Waals surface area contributed by atoms with Crippen molar-refractivity contribution < 1.29 is 18.9 Å². The fourth-order valence-electron chi connectivity index (χ4n) is 3.87. The van der Waals surface area contributed by atoms with Gasteiger partial charge in [0.25, 0.3) is 11.8 Å². The number of fused-ring (bicyclic) bond motifs is 5. The molecule has 138 valence electrons. The molecule has 0 aliphatic carbocycles. The number of pyridine rings is 1. The van der Waals surface area contributed by atoms with Gasteiger partial charge in [-0.3, -0.25) is 14.5 Å². The summed E-state index contributed by atoms with van der Waals surface area (Å²) >= 11 is 0. The number of ether oxygens (including phenoxy) is 1. The number of amides is 2. The molecule has 2 aromatic carbocycles. The molecule has 5 rings (SSSR count). The summed E-state index contributed by atoms with van der Waals surface area (Å²) in [4.78, 5) is 30.8. The van der Waals surface area contributed by atoms with Crippen molar-refractivity contribution >= 4 is 33.6 Å². The van der Waals surface area contributed by atoms with Crippen LogP contribution in [0.3, 0.4) is 0 Å². The zero-order valence-electron chi connectivity index (χ0n) is 15.3.